The molecule has 3 heteroatoms. The number of aromatic nitrogens is 1. The molecule has 3 heterocycles. The second-order valence-electron chi connectivity index (χ2n) is 9.13. The fourth-order valence-corrected chi connectivity index (χ4v) is 5.18. The average molecular weight is 400 g/mol. The Morgan fingerprint density at radius 2 is 1.76 bits per heavy atom. The number of rotatable bonds is 2. The van der Waals surface area contributed by atoms with E-state index < -0.39 is 0 Å². The summed E-state index contributed by atoms with van der Waals surface area (Å²) in [6.45, 7) is 11.1. The lowest BCUT2D eigenvalue weighted by atomic mass is 9.92. The number of hydrogen-bond acceptors (Lipinski definition) is 3. The Labute approximate surface area is 175 Å². The zero-order chi connectivity index (χ0) is 20.3. The molecule has 0 N–H and O–H groups in total. The Morgan fingerprint density at radius 1 is 0.966 bits per heavy atom. The number of furan rings is 1. The van der Waals surface area contributed by atoms with Crippen molar-refractivity contribution in [3.05, 3.63) is 66.1 Å². The topological polar surface area (TPSA) is 26.0 Å². The largest absolute Gasteiger partial charge is 0.459 e. The van der Waals surface area contributed by atoms with E-state index in [1.807, 2.05) is 6.20 Å². The van der Waals surface area contributed by atoms with Gasteiger partial charge in [0.15, 0.2) is 5.58 Å². The van der Waals surface area contributed by atoms with Crippen LogP contribution in [0.3, 0.4) is 0 Å². The van der Waals surface area contributed by atoms with Crippen molar-refractivity contribution >= 4 is 42.5 Å². The lowest BCUT2D eigenvalue weighted by Gasteiger charge is -2.14. The van der Waals surface area contributed by atoms with Crippen LogP contribution in [0, 0.1) is 0 Å². The SMILES string of the molecule is CC(C)c1cc(-c2nccc3c2sc2cc(C(C)(C)C)oc23)cc2ccccc12. The van der Waals surface area contributed by atoms with Crippen molar-refractivity contribution in [1.82, 2.24) is 4.98 Å². The van der Waals surface area contributed by atoms with Gasteiger partial charge in [-0.2, -0.15) is 0 Å². The molecule has 2 aromatic carbocycles. The number of fused-ring (bicyclic) bond motifs is 4. The number of pyridine rings is 1. The standard InChI is InChI=1S/C26H25NOS/c1-15(2)20-13-17(12-16-8-6-7-9-18(16)20)23-25-19(10-11-27-23)24-21(29-25)14-22(28-24)26(3,4)5/h6-15H,1-5H3. The van der Waals surface area contributed by atoms with E-state index in [2.05, 4.69) is 83.1 Å². The summed E-state index contributed by atoms with van der Waals surface area (Å²) in [6.07, 6.45) is 1.91. The van der Waals surface area contributed by atoms with Gasteiger partial charge in [0, 0.05) is 22.6 Å². The summed E-state index contributed by atoms with van der Waals surface area (Å²) in [6, 6.07) is 17.5. The van der Waals surface area contributed by atoms with Crippen LogP contribution in [0.15, 0.2) is 59.1 Å². The van der Waals surface area contributed by atoms with Gasteiger partial charge in [-0.1, -0.05) is 58.9 Å². The van der Waals surface area contributed by atoms with Crippen molar-refractivity contribution < 1.29 is 4.42 Å². The molecule has 5 rings (SSSR count). The fourth-order valence-electron chi connectivity index (χ4n) is 4.01. The van der Waals surface area contributed by atoms with Crippen LogP contribution in [-0.2, 0) is 5.41 Å². The maximum absolute atomic E-state index is 6.29. The van der Waals surface area contributed by atoms with Crippen LogP contribution in [-0.4, -0.2) is 4.98 Å². The minimum absolute atomic E-state index is 0.00539. The van der Waals surface area contributed by atoms with Gasteiger partial charge in [-0.25, -0.2) is 0 Å². The van der Waals surface area contributed by atoms with Gasteiger partial charge in [-0.15, -0.1) is 11.3 Å². The van der Waals surface area contributed by atoms with Crippen molar-refractivity contribution in [1.29, 1.82) is 0 Å². The molecule has 0 aliphatic heterocycles. The first-order chi connectivity index (χ1) is 13.8. The number of benzene rings is 2. The van der Waals surface area contributed by atoms with Crippen LogP contribution in [0.4, 0.5) is 0 Å². The summed E-state index contributed by atoms with van der Waals surface area (Å²) in [5.41, 5.74) is 4.59. The van der Waals surface area contributed by atoms with Gasteiger partial charge in [0.05, 0.1) is 15.1 Å². The highest BCUT2D eigenvalue weighted by atomic mass is 32.1. The molecule has 2 nitrogen and oxygen atoms in total. The molecule has 0 amide bonds. The van der Waals surface area contributed by atoms with E-state index in [-0.39, 0.29) is 5.41 Å². The second-order valence-corrected chi connectivity index (χ2v) is 10.2. The number of thiophene rings is 1. The van der Waals surface area contributed by atoms with E-state index in [4.69, 9.17) is 9.40 Å². The molecule has 3 aromatic heterocycles. The van der Waals surface area contributed by atoms with Crippen molar-refractivity contribution in [2.24, 2.45) is 0 Å². The minimum Gasteiger partial charge on any atom is -0.459 e. The smallest absolute Gasteiger partial charge is 0.153 e. The highest BCUT2D eigenvalue weighted by molar-refractivity contribution is 7.26. The molecule has 0 unspecified atom stereocenters. The van der Waals surface area contributed by atoms with Crippen LogP contribution in [0.1, 0.15) is 51.9 Å². The third kappa shape index (κ3) is 2.96. The van der Waals surface area contributed by atoms with E-state index >= 15 is 0 Å². The molecular weight excluding hydrogens is 374 g/mol. The molecule has 5 aromatic rings. The van der Waals surface area contributed by atoms with Crippen molar-refractivity contribution in [2.75, 3.05) is 0 Å². The first-order valence-corrected chi connectivity index (χ1v) is 11.0. The molecular formula is C26H25NOS. The van der Waals surface area contributed by atoms with Crippen molar-refractivity contribution in [2.45, 2.75) is 46.0 Å². The van der Waals surface area contributed by atoms with Gasteiger partial charge in [0.1, 0.15) is 5.76 Å². The van der Waals surface area contributed by atoms with E-state index in [0.29, 0.717) is 5.92 Å². The van der Waals surface area contributed by atoms with Crippen molar-refractivity contribution in [3.63, 3.8) is 0 Å². The zero-order valence-corrected chi connectivity index (χ0v) is 18.4. The molecule has 0 bridgehead atoms. The molecule has 0 fully saturated rings. The molecule has 0 spiro atoms. The van der Waals surface area contributed by atoms with E-state index in [0.717, 1.165) is 22.4 Å². The summed E-state index contributed by atoms with van der Waals surface area (Å²) in [4.78, 5) is 4.80. The Hall–Kier alpha value is -2.65. The van der Waals surface area contributed by atoms with Gasteiger partial charge in [-0.3, -0.25) is 4.98 Å². The first-order valence-electron chi connectivity index (χ1n) is 10.2. The lowest BCUT2D eigenvalue weighted by molar-refractivity contribution is 0.431. The Bertz CT molecular complexity index is 1360. The first kappa shape index (κ1) is 18.4. The fraction of sp³-hybridized carbons (Fsp3) is 0.269. The average Bonchev–Trinajstić information content (AvgIpc) is 3.25. The Kier molecular flexibility index (Phi) is 4.08. The van der Waals surface area contributed by atoms with Crippen LogP contribution < -0.4 is 0 Å². The van der Waals surface area contributed by atoms with Gasteiger partial charge in [-0.05, 0) is 46.5 Å². The summed E-state index contributed by atoms with van der Waals surface area (Å²) in [5.74, 6) is 1.49. The monoisotopic (exact) mass is 399 g/mol. The van der Waals surface area contributed by atoms with E-state index in [9.17, 15) is 0 Å². The lowest BCUT2D eigenvalue weighted by Crippen LogP contribution is -2.08. The van der Waals surface area contributed by atoms with E-state index in [1.165, 1.54) is 31.3 Å². The highest BCUT2D eigenvalue weighted by Crippen LogP contribution is 2.43. The summed E-state index contributed by atoms with van der Waals surface area (Å²) >= 11 is 1.78. The summed E-state index contributed by atoms with van der Waals surface area (Å²) in [5, 5.41) is 3.75. The molecule has 0 atom stereocenters. The number of nitrogens with zero attached hydrogens (tertiary/aromatic N) is 1. The minimum atomic E-state index is 0.00539. The molecule has 146 valence electrons. The summed E-state index contributed by atoms with van der Waals surface area (Å²) < 4.78 is 8.69. The third-order valence-corrected chi connectivity index (χ3v) is 6.73. The Balaban J connectivity index is 1.77. The predicted octanol–water partition coefficient (Wildman–Crippen LogP) is 8.28. The molecule has 0 radical (unpaired) electrons. The van der Waals surface area contributed by atoms with E-state index in [1.54, 1.807) is 11.3 Å². The zero-order valence-electron chi connectivity index (χ0n) is 17.5. The third-order valence-electron chi connectivity index (χ3n) is 5.59. The highest BCUT2D eigenvalue weighted by Gasteiger charge is 2.22. The molecule has 0 saturated heterocycles. The van der Waals surface area contributed by atoms with Gasteiger partial charge >= 0.3 is 0 Å². The quantitative estimate of drug-likeness (QED) is 0.298. The summed E-state index contributed by atoms with van der Waals surface area (Å²) in [7, 11) is 0. The molecule has 0 aliphatic rings. The predicted molar refractivity (Wildman–Crippen MR) is 125 cm³/mol. The maximum atomic E-state index is 6.29. The normalized spacial score (nSPS) is 12.6. The van der Waals surface area contributed by atoms with Crippen LogP contribution in [0.25, 0.3) is 42.4 Å². The number of hydrogen-bond donors (Lipinski definition) is 0. The Morgan fingerprint density at radius 3 is 2.52 bits per heavy atom. The second kappa shape index (κ2) is 6.43. The van der Waals surface area contributed by atoms with Gasteiger partial charge in [0.25, 0.3) is 0 Å². The molecule has 29 heavy (non-hydrogen) atoms. The van der Waals surface area contributed by atoms with Crippen molar-refractivity contribution in [3.8, 4) is 11.3 Å². The molecule has 0 aliphatic carbocycles. The van der Waals surface area contributed by atoms with Gasteiger partial charge in [0.2, 0.25) is 0 Å². The maximum Gasteiger partial charge on any atom is 0.153 e. The van der Waals surface area contributed by atoms with Crippen LogP contribution in [0.2, 0.25) is 0 Å². The van der Waals surface area contributed by atoms with Crippen LogP contribution >= 0.6 is 11.3 Å². The van der Waals surface area contributed by atoms with Gasteiger partial charge < -0.3 is 4.42 Å². The van der Waals surface area contributed by atoms with Crippen LogP contribution in [0.5, 0.6) is 0 Å². The molecule has 0 saturated carbocycles.